The van der Waals surface area contributed by atoms with Gasteiger partial charge in [-0.15, -0.1) is 0 Å². The van der Waals surface area contributed by atoms with Gasteiger partial charge >= 0.3 is 6.03 Å². The molecule has 3 amide bonds. The van der Waals surface area contributed by atoms with E-state index in [2.05, 4.69) is 78.8 Å². The number of imide groups is 1. The first-order valence-corrected chi connectivity index (χ1v) is 25.3. The zero-order chi connectivity index (χ0) is 46.3. The van der Waals surface area contributed by atoms with Crippen LogP contribution in [0.2, 0.25) is 0 Å². The molecule has 344 valence electrons. The number of hydrogen-bond donors (Lipinski definition) is 3. The number of hydrogen-bond acceptors (Lipinski definition) is 14. The Hall–Kier alpha value is -6.17. The van der Waals surface area contributed by atoms with Crippen molar-refractivity contribution in [2.24, 2.45) is 13.0 Å². The Morgan fingerprint density at radius 1 is 0.909 bits per heavy atom. The third-order valence-electron chi connectivity index (χ3n) is 12.5. The molecule has 17 nitrogen and oxygen atoms in total. The Morgan fingerprint density at radius 2 is 1.70 bits per heavy atom. The maximum Gasteiger partial charge on any atom is 0.328 e. The van der Waals surface area contributed by atoms with Crippen LogP contribution in [-0.4, -0.2) is 119 Å². The molecule has 6 aromatic rings. The average molecular weight is 981 g/mol. The van der Waals surface area contributed by atoms with E-state index in [1.807, 2.05) is 31.6 Å². The van der Waals surface area contributed by atoms with Crippen LogP contribution in [0.4, 0.5) is 49.5 Å². The number of carbonyl (C=O) groups is 2. The second kappa shape index (κ2) is 18.6. The molecule has 0 radical (unpaired) electrons. The van der Waals surface area contributed by atoms with Crippen LogP contribution in [0.25, 0.3) is 22.0 Å². The van der Waals surface area contributed by atoms with Crippen molar-refractivity contribution < 1.29 is 23.3 Å². The monoisotopic (exact) mass is 979 g/mol. The number of aromatic nitrogens is 6. The molecule has 3 N–H and O–H groups in total. The maximum atomic E-state index is 14.8. The first kappa shape index (κ1) is 45.0. The number of fused-ring (bicyclic) bond motifs is 1. The lowest BCUT2D eigenvalue weighted by Crippen LogP contribution is -2.50. The van der Waals surface area contributed by atoms with Gasteiger partial charge in [0.2, 0.25) is 11.9 Å². The Balaban J connectivity index is 0.874. The maximum absolute atomic E-state index is 14.8. The fraction of sp³-hybridized carbons (Fsp3) is 0.370. The molecule has 0 bridgehead atoms. The Morgan fingerprint density at radius 3 is 2.38 bits per heavy atom. The molecule has 20 heteroatoms. The molecule has 0 atom stereocenters. The minimum atomic E-state index is -2.94. The number of halogens is 2. The predicted octanol–water partition coefficient (Wildman–Crippen LogP) is 7.26. The molecular weight excluding hydrogens is 928 g/mol. The summed E-state index contributed by atoms with van der Waals surface area (Å²) in [6.45, 7) is 11.7. The number of anilines is 7. The third-order valence-corrected chi connectivity index (χ3v) is 14.6. The summed E-state index contributed by atoms with van der Waals surface area (Å²) in [5.41, 5.74) is 5.72. The summed E-state index contributed by atoms with van der Waals surface area (Å²) in [5.74, 6) is 2.07. The van der Waals surface area contributed by atoms with Crippen LogP contribution >= 0.6 is 23.1 Å². The van der Waals surface area contributed by atoms with Crippen LogP contribution in [0, 0.1) is 18.7 Å². The number of nitrogens with one attached hydrogen (secondary N) is 3. The number of carbonyl (C=O) groups excluding carboxylic acids is 2. The summed E-state index contributed by atoms with van der Waals surface area (Å²) < 4.78 is 36.9. The number of benzene rings is 2. The average Bonchev–Trinajstić information content (AvgIpc) is 3.74. The highest BCUT2D eigenvalue weighted by Crippen LogP contribution is 2.44. The summed E-state index contributed by atoms with van der Waals surface area (Å²) in [5, 5.41) is 14.6. The standard InChI is InChI=1S/C46H52BrFN13O4P/c1-28-35(48)20-33-36(52-28)7-8-37(43(33)66(4,5)64)53-44-34(47)25-50-45(56-44)54-38-21-32(30-23-51-57(2)27-30)39(22-40(38)65-3)59-13-10-29(11-14-59)26-58-16-18-60(19-17-58)41-9-6-31(24-49-41)61-15-12-42(62)55-46(61)63/h6-9,20-25,27,29H,10-19,26H2,1-5H3,(H,55,62,63)(H2,50,53,54,56). The van der Waals surface area contributed by atoms with Crippen molar-refractivity contribution in [3.05, 3.63) is 83.2 Å². The fourth-order valence-corrected chi connectivity index (χ4v) is 10.8. The SMILES string of the molecule is COc1cc(N2CCC(CN3CCN(c4ccc(N5CCC(=O)NC5=O)cn4)CC3)CC2)c(-c2cnn(C)c2)cc1Nc1ncc(Br)c(Nc2ccc3nc(C)c(F)cc3c2P(C)(C)=O)n1. The van der Waals surface area contributed by atoms with E-state index in [4.69, 9.17) is 9.72 Å². The lowest BCUT2D eigenvalue weighted by Gasteiger charge is -2.40. The van der Waals surface area contributed by atoms with Gasteiger partial charge in [-0.2, -0.15) is 10.1 Å². The lowest BCUT2D eigenvalue weighted by molar-refractivity contribution is -0.120. The molecule has 0 saturated carbocycles. The van der Waals surface area contributed by atoms with Crippen LogP contribution in [0.3, 0.4) is 0 Å². The molecule has 2 aromatic carbocycles. The fourth-order valence-electron chi connectivity index (χ4n) is 9.05. The van der Waals surface area contributed by atoms with E-state index >= 15 is 0 Å². The molecule has 7 heterocycles. The zero-order valence-corrected chi connectivity index (χ0v) is 40.0. The second-order valence-corrected chi connectivity index (χ2v) is 21.4. The number of amides is 3. The van der Waals surface area contributed by atoms with E-state index in [9.17, 15) is 18.5 Å². The largest absolute Gasteiger partial charge is 0.494 e. The predicted molar refractivity (Wildman–Crippen MR) is 260 cm³/mol. The summed E-state index contributed by atoms with van der Waals surface area (Å²) in [6, 6.07) is 12.5. The number of rotatable bonds is 12. The molecule has 3 fully saturated rings. The van der Waals surface area contributed by atoms with E-state index in [-0.39, 0.29) is 18.0 Å². The highest BCUT2D eigenvalue weighted by molar-refractivity contribution is 9.10. The van der Waals surface area contributed by atoms with Crippen LogP contribution in [-0.2, 0) is 16.4 Å². The van der Waals surface area contributed by atoms with Crippen molar-refractivity contribution in [2.75, 3.05) is 98.1 Å². The smallest absolute Gasteiger partial charge is 0.328 e. The quantitative estimate of drug-likeness (QED) is 0.104. The topological polar surface area (TPSA) is 179 Å². The highest BCUT2D eigenvalue weighted by atomic mass is 79.9. The molecule has 0 spiro atoms. The van der Waals surface area contributed by atoms with Gasteiger partial charge in [-0.3, -0.25) is 29.6 Å². The number of piperazine rings is 1. The van der Waals surface area contributed by atoms with Gasteiger partial charge in [0, 0.05) is 112 Å². The van der Waals surface area contributed by atoms with Crippen molar-refractivity contribution in [1.29, 1.82) is 0 Å². The molecule has 66 heavy (non-hydrogen) atoms. The van der Waals surface area contributed by atoms with Gasteiger partial charge in [-0.1, -0.05) is 0 Å². The van der Waals surface area contributed by atoms with Crippen molar-refractivity contribution in [2.45, 2.75) is 26.2 Å². The summed E-state index contributed by atoms with van der Waals surface area (Å²) in [7, 11) is 0.613. The number of methoxy groups -OCH3 is 1. The van der Waals surface area contributed by atoms with Crippen molar-refractivity contribution >= 4 is 91.6 Å². The van der Waals surface area contributed by atoms with Gasteiger partial charge in [0.1, 0.15) is 30.3 Å². The van der Waals surface area contributed by atoms with E-state index < -0.39 is 19.0 Å². The number of urea groups is 1. The van der Waals surface area contributed by atoms with E-state index in [0.717, 1.165) is 81.3 Å². The minimum absolute atomic E-state index is 0.254. The number of aryl methyl sites for hydroxylation is 2. The van der Waals surface area contributed by atoms with Crippen molar-refractivity contribution in [3.63, 3.8) is 0 Å². The van der Waals surface area contributed by atoms with E-state index in [1.165, 1.54) is 6.07 Å². The van der Waals surface area contributed by atoms with Crippen molar-refractivity contribution in [3.8, 4) is 16.9 Å². The van der Waals surface area contributed by atoms with Gasteiger partial charge in [0.15, 0.2) is 0 Å². The minimum Gasteiger partial charge on any atom is -0.494 e. The number of pyridine rings is 2. The zero-order valence-electron chi connectivity index (χ0n) is 37.5. The second-order valence-electron chi connectivity index (χ2n) is 17.4. The van der Waals surface area contributed by atoms with Crippen LogP contribution in [0.1, 0.15) is 25.0 Å². The highest BCUT2D eigenvalue weighted by Gasteiger charge is 2.29. The first-order valence-electron chi connectivity index (χ1n) is 21.9. The van der Waals surface area contributed by atoms with Crippen LogP contribution < -0.4 is 40.7 Å². The Bertz CT molecular complexity index is 2860. The van der Waals surface area contributed by atoms with Gasteiger partial charge in [0.25, 0.3) is 0 Å². The molecule has 3 aliphatic rings. The van der Waals surface area contributed by atoms with Gasteiger partial charge < -0.3 is 29.7 Å². The van der Waals surface area contributed by atoms with Crippen LogP contribution in [0.15, 0.2) is 71.7 Å². The van der Waals surface area contributed by atoms with Crippen LogP contribution in [0.5, 0.6) is 5.75 Å². The molecular formula is C46H52BrFN13O4P. The van der Waals surface area contributed by atoms with E-state index in [0.29, 0.717) is 67.7 Å². The Kier molecular flexibility index (Phi) is 12.7. The van der Waals surface area contributed by atoms with Gasteiger partial charge in [-0.05, 0) is 91.3 Å². The molecule has 0 aliphatic carbocycles. The number of piperidine rings is 1. The molecule has 9 rings (SSSR count). The molecule has 3 aliphatic heterocycles. The lowest BCUT2D eigenvalue weighted by atomic mass is 9.94. The number of ether oxygens (including phenoxy) is 1. The molecule has 0 unspecified atom stereocenters. The summed E-state index contributed by atoms with van der Waals surface area (Å²) in [6.07, 6.45) is 9.58. The number of nitrogens with zero attached hydrogens (tertiary/aromatic N) is 10. The summed E-state index contributed by atoms with van der Waals surface area (Å²) >= 11 is 3.58. The first-order chi connectivity index (χ1) is 31.7. The van der Waals surface area contributed by atoms with Crippen molar-refractivity contribution in [1.82, 2.24) is 39.9 Å². The molecule has 4 aromatic heterocycles. The van der Waals surface area contributed by atoms with E-state index in [1.54, 1.807) is 61.5 Å². The van der Waals surface area contributed by atoms with Gasteiger partial charge in [-0.25, -0.2) is 19.2 Å². The third kappa shape index (κ3) is 9.55. The normalized spacial score (nSPS) is 16.5. The molecule has 3 saturated heterocycles. The van der Waals surface area contributed by atoms with Gasteiger partial charge in [0.05, 0.1) is 52.2 Å². The Labute approximate surface area is 390 Å². The summed E-state index contributed by atoms with van der Waals surface area (Å²) in [4.78, 5) is 51.1.